The summed E-state index contributed by atoms with van der Waals surface area (Å²) < 4.78 is 60.6. The maximum atomic E-state index is 12.7. The van der Waals surface area contributed by atoms with E-state index in [4.69, 9.17) is 4.74 Å². The van der Waals surface area contributed by atoms with Crippen molar-refractivity contribution in [1.82, 2.24) is 9.21 Å². The summed E-state index contributed by atoms with van der Waals surface area (Å²) >= 11 is 0. The summed E-state index contributed by atoms with van der Waals surface area (Å²) in [6.45, 7) is -2.08. The third-order valence-electron chi connectivity index (χ3n) is 4.46. The van der Waals surface area contributed by atoms with Gasteiger partial charge in [0.25, 0.3) is 0 Å². The molecule has 3 rings (SSSR count). The van der Waals surface area contributed by atoms with E-state index in [-0.39, 0.29) is 23.7 Å². The Kier molecular flexibility index (Phi) is 4.58. The normalized spacial score (nSPS) is 21.0. The Morgan fingerprint density at radius 3 is 2.28 bits per heavy atom. The number of rotatable bonds is 4. The van der Waals surface area contributed by atoms with Crippen molar-refractivity contribution in [2.24, 2.45) is 0 Å². The topological polar surface area (TPSA) is 76.2 Å². The quantitative estimate of drug-likeness (QED) is 0.802. The molecule has 0 atom stereocenters. The van der Waals surface area contributed by atoms with Crippen molar-refractivity contribution in [2.45, 2.75) is 29.9 Å². The van der Waals surface area contributed by atoms with Gasteiger partial charge in [0, 0.05) is 33.0 Å². The van der Waals surface area contributed by atoms with Crippen molar-refractivity contribution in [2.75, 3.05) is 26.7 Å². The van der Waals surface area contributed by atoms with Crippen LogP contribution in [0.5, 0.6) is 5.75 Å². The lowest BCUT2D eigenvalue weighted by Gasteiger charge is -2.36. The van der Waals surface area contributed by atoms with Crippen LogP contribution < -0.4 is 4.74 Å². The van der Waals surface area contributed by atoms with Crippen LogP contribution in [-0.4, -0.2) is 62.6 Å². The first-order valence-electron chi connectivity index (χ1n) is 7.71. The number of hydrogen-bond donors (Lipinski definition) is 0. The minimum Gasteiger partial charge on any atom is -0.441 e. The Labute approximate surface area is 144 Å². The van der Waals surface area contributed by atoms with Crippen LogP contribution in [0, 0.1) is 0 Å². The highest BCUT2D eigenvalue weighted by atomic mass is 32.2. The van der Waals surface area contributed by atoms with Gasteiger partial charge in [-0.15, -0.1) is 0 Å². The maximum Gasteiger partial charge on any atom is 0.410 e. The lowest BCUT2D eigenvalue weighted by atomic mass is 9.92. The molecule has 1 aromatic rings. The molecule has 1 spiro atoms. The molecule has 2 heterocycles. The molecule has 0 saturated carbocycles. The second-order valence-corrected chi connectivity index (χ2v) is 8.10. The van der Waals surface area contributed by atoms with Gasteiger partial charge in [0.1, 0.15) is 11.4 Å². The number of hydrogen-bond acceptors (Lipinski definition) is 5. The molecule has 25 heavy (non-hydrogen) atoms. The van der Waals surface area contributed by atoms with Gasteiger partial charge in [-0.2, -0.15) is 13.1 Å². The van der Waals surface area contributed by atoms with E-state index in [1.165, 1.54) is 33.5 Å². The Morgan fingerprint density at radius 1 is 1.20 bits per heavy atom. The van der Waals surface area contributed by atoms with Crippen molar-refractivity contribution >= 4 is 16.1 Å². The Balaban J connectivity index is 1.69. The summed E-state index contributed by atoms with van der Waals surface area (Å²) in [7, 11) is -2.10. The molecule has 2 aliphatic heterocycles. The van der Waals surface area contributed by atoms with E-state index >= 15 is 0 Å². The number of nitrogens with zero attached hydrogens (tertiary/aromatic N) is 2. The molecule has 2 saturated heterocycles. The van der Waals surface area contributed by atoms with E-state index in [9.17, 15) is 22.0 Å². The lowest BCUT2D eigenvalue weighted by molar-refractivity contribution is -0.0498. The minimum absolute atomic E-state index is 0.00519. The summed E-state index contributed by atoms with van der Waals surface area (Å²) in [4.78, 5) is 13.0. The zero-order valence-electron chi connectivity index (χ0n) is 13.5. The largest absolute Gasteiger partial charge is 0.441 e. The van der Waals surface area contributed by atoms with Crippen molar-refractivity contribution in [3.05, 3.63) is 24.3 Å². The van der Waals surface area contributed by atoms with Gasteiger partial charge in [0.05, 0.1) is 11.4 Å². The fourth-order valence-corrected chi connectivity index (χ4v) is 4.57. The van der Waals surface area contributed by atoms with Gasteiger partial charge in [-0.1, -0.05) is 0 Å². The van der Waals surface area contributed by atoms with E-state index in [1.54, 1.807) is 7.05 Å². The standard InChI is InChI=1S/C15H18F2N2O5S/c1-18-10-15(24-14(18)20)6-8-19(9-7-15)25(21,22)12-4-2-11(3-5-12)23-13(16)17/h2-5,13H,6-10H2,1H3. The van der Waals surface area contributed by atoms with E-state index in [1.807, 2.05) is 0 Å². The number of alkyl halides is 2. The highest BCUT2D eigenvalue weighted by molar-refractivity contribution is 7.89. The first-order chi connectivity index (χ1) is 11.7. The Morgan fingerprint density at radius 2 is 1.80 bits per heavy atom. The number of benzene rings is 1. The van der Waals surface area contributed by atoms with Gasteiger partial charge in [-0.3, -0.25) is 0 Å². The number of ether oxygens (including phenoxy) is 2. The maximum absolute atomic E-state index is 12.7. The second-order valence-electron chi connectivity index (χ2n) is 6.16. The molecule has 0 radical (unpaired) electrons. The fraction of sp³-hybridized carbons (Fsp3) is 0.533. The molecule has 1 amide bonds. The monoisotopic (exact) mass is 376 g/mol. The smallest absolute Gasteiger partial charge is 0.410 e. The summed E-state index contributed by atoms with van der Waals surface area (Å²) in [5.41, 5.74) is -0.632. The van der Waals surface area contributed by atoms with Crippen molar-refractivity contribution in [1.29, 1.82) is 0 Å². The molecule has 2 fully saturated rings. The van der Waals surface area contributed by atoms with Crippen LogP contribution >= 0.6 is 0 Å². The highest BCUT2D eigenvalue weighted by Gasteiger charge is 2.47. The molecule has 10 heteroatoms. The highest BCUT2D eigenvalue weighted by Crippen LogP contribution is 2.34. The van der Waals surface area contributed by atoms with Crippen LogP contribution in [0.15, 0.2) is 29.2 Å². The SMILES string of the molecule is CN1CC2(CCN(S(=O)(=O)c3ccc(OC(F)F)cc3)CC2)OC1=O. The van der Waals surface area contributed by atoms with Gasteiger partial charge in [-0.25, -0.2) is 13.2 Å². The number of likely N-dealkylation sites (N-methyl/N-ethyl adjacent to an activating group) is 1. The van der Waals surface area contributed by atoms with Gasteiger partial charge in [0.2, 0.25) is 10.0 Å². The van der Waals surface area contributed by atoms with Crippen molar-refractivity contribution in [3.8, 4) is 5.75 Å². The van der Waals surface area contributed by atoms with Crippen LogP contribution in [0.3, 0.4) is 0 Å². The lowest BCUT2D eigenvalue weighted by Crippen LogP contribution is -2.48. The van der Waals surface area contributed by atoms with E-state index in [2.05, 4.69) is 4.74 Å². The van der Waals surface area contributed by atoms with Gasteiger partial charge >= 0.3 is 12.7 Å². The molecule has 7 nitrogen and oxygen atoms in total. The van der Waals surface area contributed by atoms with Crippen LogP contribution in [-0.2, 0) is 14.8 Å². The average molecular weight is 376 g/mol. The summed E-state index contributed by atoms with van der Waals surface area (Å²) in [6.07, 6.45) is 0.426. The minimum atomic E-state index is -3.74. The number of carbonyl (C=O) groups is 1. The molecular formula is C15H18F2N2O5S. The van der Waals surface area contributed by atoms with Gasteiger partial charge in [-0.05, 0) is 24.3 Å². The van der Waals surface area contributed by atoms with Gasteiger partial charge in [0.15, 0.2) is 0 Å². The van der Waals surface area contributed by atoms with Crippen molar-refractivity contribution < 1.29 is 31.5 Å². The van der Waals surface area contributed by atoms with E-state index in [0.717, 1.165) is 0 Å². The fourth-order valence-electron chi connectivity index (χ4n) is 3.13. The van der Waals surface area contributed by atoms with Crippen LogP contribution in [0.4, 0.5) is 13.6 Å². The van der Waals surface area contributed by atoms with Crippen LogP contribution in [0.2, 0.25) is 0 Å². The summed E-state index contributed by atoms with van der Waals surface area (Å²) in [6, 6.07) is 4.86. The Bertz CT molecular complexity index is 746. The van der Waals surface area contributed by atoms with Crippen LogP contribution in [0.1, 0.15) is 12.8 Å². The van der Waals surface area contributed by atoms with Crippen molar-refractivity contribution in [3.63, 3.8) is 0 Å². The first kappa shape index (κ1) is 17.9. The molecule has 0 aromatic heterocycles. The molecule has 2 aliphatic rings. The number of carbonyl (C=O) groups excluding carboxylic acids is 1. The zero-order valence-corrected chi connectivity index (χ0v) is 14.3. The third kappa shape index (κ3) is 3.54. The molecular weight excluding hydrogens is 358 g/mol. The van der Waals surface area contributed by atoms with Crippen LogP contribution in [0.25, 0.3) is 0 Å². The van der Waals surface area contributed by atoms with E-state index in [0.29, 0.717) is 19.4 Å². The zero-order chi connectivity index (χ0) is 18.2. The summed E-state index contributed by atoms with van der Waals surface area (Å²) in [5.74, 6) is -0.104. The molecule has 0 bridgehead atoms. The number of amides is 1. The predicted octanol–water partition coefficient (Wildman–Crippen LogP) is 1.89. The third-order valence-corrected chi connectivity index (χ3v) is 6.37. The molecule has 1 aromatic carbocycles. The second kappa shape index (κ2) is 6.41. The molecule has 0 N–H and O–H groups in total. The van der Waals surface area contributed by atoms with Gasteiger partial charge < -0.3 is 14.4 Å². The molecule has 0 unspecified atom stereocenters. The average Bonchev–Trinajstić information content (AvgIpc) is 2.81. The van der Waals surface area contributed by atoms with E-state index < -0.39 is 28.3 Å². The number of halogens is 2. The number of sulfonamides is 1. The summed E-state index contributed by atoms with van der Waals surface area (Å²) in [5, 5.41) is 0. The molecule has 138 valence electrons. The Hall–Kier alpha value is -1.94. The number of piperidine rings is 1. The molecule has 0 aliphatic carbocycles. The first-order valence-corrected chi connectivity index (χ1v) is 9.15. The predicted molar refractivity (Wildman–Crippen MR) is 82.9 cm³/mol.